The predicted octanol–water partition coefficient (Wildman–Crippen LogP) is 3.16. The number of benzene rings is 3. The molecule has 1 aliphatic carbocycles. The lowest BCUT2D eigenvalue weighted by atomic mass is 9.82. The first kappa shape index (κ1) is 21.9. The minimum atomic E-state index is -0.777. The van der Waals surface area contributed by atoms with Crippen molar-refractivity contribution in [3.63, 3.8) is 0 Å². The number of aliphatic hydroxyl groups excluding tert-OH is 2. The van der Waals surface area contributed by atoms with Crippen molar-refractivity contribution in [2.45, 2.75) is 24.9 Å². The lowest BCUT2D eigenvalue weighted by molar-refractivity contribution is -0.0432. The molecule has 3 aromatic carbocycles. The zero-order valence-electron chi connectivity index (χ0n) is 19.5. The van der Waals surface area contributed by atoms with Crippen LogP contribution >= 0.6 is 0 Å². The van der Waals surface area contributed by atoms with Crippen LogP contribution in [0.3, 0.4) is 0 Å². The highest BCUT2D eigenvalue weighted by Gasteiger charge is 2.35. The van der Waals surface area contributed by atoms with E-state index in [1.165, 1.54) is 6.33 Å². The highest BCUT2D eigenvalue weighted by Crippen LogP contribution is 2.45. The fraction of sp³-hybridized carbons (Fsp3) is 0.185. The SMILES string of the molecule is Nc1c(Nc2ncnc3c2ncn3[C@H]2C[C@H](O)[C@@H](CO)O2)cc2c3c(cccc13)C(=O)c1ccccc1-2. The first-order chi connectivity index (χ1) is 18.0. The summed E-state index contributed by atoms with van der Waals surface area (Å²) in [6, 6.07) is 15.1. The van der Waals surface area contributed by atoms with Crippen LogP contribution in [-0.4, -0.2) is 54.3 Å². The number of hydrogen-bond donors (Lipinski definition) is 4. The van der Waals surface area contributed by atoms with Crippen LogP contribution in [0.15, 0.2) is 61.2 Å². The lowest BCUT2D eigenvalue weighted by Gasteiger charge is -2.22. The van der Waals surface area contributed by atoms with Crippen LogP contribution in [0.1, 0.15) is 28.6 Å². The molecule has 37 heavy (non-hydrogen) atoms. The van der Waals surface area contributed by atoms with E-state index in [1.807, 2.05) is 48.5 Å². The highest BCUT2D eigenvalue weighted by molar-refractivity contribution is 6.28. The zero-order chi connectivity index (χ0) is 25.3. The number of nitrogens with one attached hydrogen (secondary N) is 1. The lowest BCUT2D eigenvalue weighted by Crippen LogP contribution is -2.24. The molecule has 1 fully saturated rings. The Kier molecular flexibility index (Phi) is 4.77. The van der Waals surface area contributed by atoms with E-state index in [2.05, 4.69) is 20.3 Å². The van der Waals surface area contributed by atoms with Gasteiger partial charge in [0.1, 0.15) is 18.7 Å². The van der Waals surface area contributed by atoms with E-state index >= 15 is 0 Å². The van der Waals surface area contributed by atoms with Gasteiger partial charge in [0.15, 0.2) is 22.8 Å². The molecule has 5 aromatic rings. The average molecular weight is 495 g/mol. The van der Waals surface area contributed by atoms with Crippen molar-refractivity contribution in [2.75, 3.05) is 17.7 Å². The van der Waals surface area contributed by atoms with E-state index in [-0.39, 0.29) is 12.4 Å². The van der Waals surface area contributed by atoms with Gasteiger partial charge in [0.25, 0.3) is 0 Å². The Labute approximate surface area is 210 Å². The summed E-state index contributed by atoms with van der Waals surface area (Å²) in [4.78, 5) is 26.5. The van der Waals surface area contributed by atoms with Crippen LogP contribution < -0.4 is 11.1 Å². The maximum Gasteiger partial charge on any atom is 0.194 e. The first-order valence-corrected chi connectivity index (χ1v) is 11.9. The number of imidazole rings is 1. The summed E-state index contributed by atoms with van der Waals surface area (Å²) < 4.78 is 7.51. The number of anilines is 3. The third kappa shape index (κ3) is 3.17. The molecule has 0 spiro atoms. The van der Waals surface area contributed by atoms with Gasteiger partial charge in [-0.25, -0.2) is 15.0 Å². The predicted molar refractivity (Wildman–Crippen MR) is 137 cm³/mol. The topological polar surface area (TPSA) is 148 Å². The number of hydrogen-bond acceptors (Lipinski definition) is 9. The van der Waals surface area contributed by atoms with Crippen LogP contribution in [0.25, 0.3) is 33.1 Å². The van der Waals surface area contributed by atoms with E-state index in [9.17, 15) is 15.0 Å². The molecule has 0 unspecified atom stereocenters. The largest absolute Gasteiger partial charge is 0.397 e. The standard InChI is InChI=1S/C27H22N6O4/c28-23-15-6-3-7-16-22(15)17(13-4-1-2-5-14(13)25(16)36)8-18(23)32-26-24-27(30-11-29-26)33(12-31-24)21-9-19(35)20(10-34)37-21/h1-8,11-12,19-21,34-35H,9-10,28H2,(H,29,30,32)/t19-,20+,21+/m0/s1. The number of fused-ring (bicyclic) bond motifs is 3. The van der Waals surface area contributed by atoms with Crippen molar-refractivity contribution in [3.05, 3.63) is 72.3 Å². The monoisotopic (exact) mass is 494 g/mol. The minimum absolute atomic E-state index is 0.0143. The molecule has 10 heteroatoms. The van der Waals surface area contributed by atoms with E-state index in [0.717, 1.165) is 21.9 Å². The molecular weight excluding hydrogens is 472 g/mol. The summed E-state index contributed by atoms with van der Waals surface area (Å²) in [6.45, 7) is -0.272. The number of nitrogen functional groups attached to an aromatic ring is 1. The maximum atomic E-state index is 13.2. The van der Waals surface area contributed by atoms with E-state index in [1.54, 1.807) is 10.9 Å². The number of aromatic nitrogens is 4. The number of ketones is 1. The van der Waals surface area contributed by atoms with Gasteiger partial charge in [-0.3, -0.25) is 9.36 Å². The Hall–Kier alpha value is -4.38. The number of ether oxygens (including phenoxy) is 1. The molecule has 1 aliphatic heterocycles. The molecule has 3 heterocycles. The first-order valence-electron chi connectivity index (χ1n) is 11.9. The molecule has 2 aromatic heterocycles. The van der Waals surface area contributed by atoms with Crippen molar-refractivity contribution < 1.29 is 19.7 Å². The van der Waals surface area contributed by atoms with Crippen LogP contribution in [0.2, 0.25) is 0 Å². The Bertz CT molecular complexity index is 1730. The second kappa shape index (κ2) is 8.07. The highest BCUT2D eigenvalue weighted by atomic mass is 16.5. The van der Waals surface area contributed by atoms with Crippen molar-refractivity contribution in [2.24, 2.45) is 0 Å². The van der Waals surface area contributed by atoms with Crippen LogP contribution in [0.4, 0.5) is 17.2 Å². The normalized spacial score (nSPS) is 20.5. The molecule has 184 valence electrons. The zero-order valence-corrected chi connectivity index (χ0v) is 19.5. The number of aliphatic hydroxyl groups is 2. The van der Waals surface area contributed by atoms with Crippen LogP contribution in [0.5, 0.6) is 0 Å². The van der Waals surface area contributed by atoms with Crippen LogP contribution in [-0.2, 0) is 4.74 Å². The van der Waals surface area contributed by atoms with Gasteiger partial charge >= 0.3 is 0 Å². The molecule has 10 nitrogen and oxygen atoms in total. The van der Waals surface area contributed by atoms with Gasteiger partial charge in [-0.05, 0) is 17.2 Å². The van der Waals surface area contributed by atoms with Crippen molar-refractivity contribution in [1.29, 1.82) is 0 Å². The third-order valence-electron chi connectivity index (χ3n) is 7.22. The van der Waals surface area contributed by atoms with Gasteiger partial charge in [-0.2, -0.15) is 0 Å². The van der Waals surface area contributed by atoms with Gasteiger partial charge in [0, 0.05) is 28.3 Å². The second-order valence-corrected chi connectivity index (χ2v) is 9.27. The van der Waals surface area contributed by atoms with Crippen molar-refractivity contribution >= 4 is 44.9 Å². The molecule has 0 saturated carbocycles. The van der Waals surface area contributed by atoms with E-state index in [4.69, 9.17) is 10.5 Å². The molecule has 2 aliphatic rings. The van der Waals surface area contributed by atoms with Gasteiger partial charge in [0.05, 0.1) is 30.4 Å². The number of rotatable bonds is 4. The quantitative estimate of drug-likeness (QED) is 0.271. The molecule has 0 radical (unpaired) electrons. The summed E-state index contributed by atoms with van der Waals surface area (Å²) >= 11 is 0. The summed E-state index contributed by atoms with van der Waals surface area (Å²) in [5.41, 5.74) is 11.8. The summed E-state index contributed by atoms with van der Waals surface area (Å²) in [5.74, 6) is 0.440. The fourth-order valence-electron chi connectivity index (χ4n) is 5.40. The second-order valence-electron chi connectivity index (χ2n) is 9.27. The van der Waals surface area contributed by atoms with Crippen molar-refractivity contribution in [3.8, 4) is 11.1 Å². The number of carbonyl (C=O) groups excluding carboxylic acids is 1. The maximum absolute atomic E-state index is 13.2. The molecule has 1 saturated heterocycles. The van der Waals surface area contributed by atoms with Crippen LogP contribution in [0, 0.1) is 0 Å². The number of carbonyl (C=O) groups is 1. The summed E-state index contributed by atoms with van der Waals surface area (Å²) in [6.07, 6.45) is 1.37. The van der Waals surface area contributed by atoms with E-state index < -0.39 is 18.4 Å². The van der Waals surface area contributed by atoms with Gasteiger partial charge in [0.2, 0.25) is 0 Å². The molecule has 3 atom stereocenters. The molecule has 5 N–H and O–H groups in total. The smallest absolute Gasteiger partial charge is 0.194 e. The minimum Gasteiger partial charge on any atom is -0.397 e. The third-order valence-corrected chi connectivity index (χ3v) is 7.22. The molecule has 7 rings (SSSR count). The average Bonchev–Trinajstić information content (AvgIpc) is 3.52. The molecular formula is C27H22N6O4. The summed E-state index contributed by atoms with van der Waals surface area (Å²) in [7, 11) is 0. The van der Waals surface area contributed by atoms with Gasteiger partial charge in [-0.15, -0.1) is 0 Å². The Balaban J connectivity index is 1.35. The Morgan fingerprint density at radius 2 is 1.86 bits per heavy atom. The number of nitrogens with zero attached hydrogens (tertiary/aromatic N) is 4. The van der Waals surface area contributed by atoms with Gasteiger partial charge < -0.3 is 26.0 Å². The van der Waals surface area contributed by atoms with E-state index in [0.29, 0.717) is 45.9 Å². The number of nitrogens with two attached hydrogens (primary N) is 1. The molecule has 0 amide bonds. The van der Waals surface area contributed by atoms with Gasteiger partial charge in [-0.1, -0.05) is 42.5 Å². The van der Waals surface area contributed by atoms with Crippen molar-refractivity contribution in [1.82, 2.24) is 19.5 Å². The molecule has 0 bridgehead atoms. The fourth-order valence-corrected chi connectivity index (χ4v) is 5.40. The Morgan fingerprint density at radius 1 is 1.05 bits per heavy atom. The summed E-state index contributed by atoms with van der Waals surface area (Å²) in [5, 5.41) is 24.5. The Morgan fingerprint density at radius 3 is 2.68 bits per heavy atom.